The van der Waals surface area contributed by atoms with Gasteiger partial charge in [0, 0.05) is 30.0 Å². The summed E-state index contributed by atoms with van der Waals surface area (Å²) in [6, 6.07) is 15.5. The third-order valence-electron chi connectivity index (χ3n) is 5.79. The number of carbonyl (C=O) groups excluding carboxylic acids is 1. The van der Waals surface area contributed by atoms with Gasteiger partial charge in [-0.05, 0) is 57.0 Å². The van der Waals surface area contributed by atoms with Crippen molar-refractivity contribution in [3.05, 3.63) is 77.6 Å². The first-order valence-electron chi connectivity index (χ1n) is 11.0. The molecule has 2 heterocycles. The summed E-state index contributed by atoms with van der Waals surface area (Å²) in [5.41, 5.74) is 3.01. The molecule has 2 aromatic carbocycles. The quantitative estimate of drug-likeness (QED) is 0.529. The molecule has 9 heteroatoms. The smallest absolute Gasteiger partial charge is 0.251 e. The van der Waals surface area contributed by atoms with Gasteiger partial charge in [-0.1, -0.05) is 24.3 Å². The van der Waals surface area contributed by atoms with E-state index in [-0.39, 0.29) is 35.1 Å². The molecule has 0 radical (unpaired) electrons. The van der Waals surface area contributed by atoms with E-state index in [9.17, 15) is 13.2 Å². The third-order valence-corrected chi connectivity index (χ3v) is 7.22. The van der Waals surface area contributed by atoms with Crippen molar-refractivity contribution in [1.82, 2.24) is 19.8 Å². The summed E-state index contributed by atoms with van der Waals surface area (Å²) in [4.78, 5) is 12.9. The van der Waals surface area contributed by atoms with Gasteiger partial charge in [0.2, 0.25) is 10.0 Å². The van der Waals surface area contributed by atoms with E-state index in [4.69, 9.17) is 4.74 Å². The van der Waals surface area contributed by atoms with E-state index in [0.29, 0.717) is 6.61 Å². The zero-order chi connectivity index (χ0) is 23.4. The summed E-state index contributed by atoms with van der Waals surface area (Å²) in [6.45, 7) is 4.70. The summed E-state index contributed by atoms with van der Waals surface area (Å²) >= 11 is 0. The second kappa shape index (κ2) is 9.86. The number of hydrogen-bond acceptors (Lipinski definition) is 5. The monoisotopic (exact) mass is 468 g/mol. The van der Waals surface area contributed by atoms with Crippen LogP contribution in [0.1, 0.15) is 47.4 Å². The fourth-order valence-electron chi connectivity index (χ4n) is 3.93. The molecule has 4 rings (SSSR count). The fourth-order valence-corrected chi connectivity index (χ4v) is 5.04. The summed E-state index contributed by atoms with van der Waals surface area (Å²) in [6.07, 6.45) is 3.41. The highest BCUT2D eigenvalue weighted by Crippen LogP contribution is 2.21. The van der Waals surface area contributed by atoms with Crippen molar-refractivity contribution >= 4 is 15.9 Å². The predicted octanol–water partition coefficient (Wildman–Crippen LogP) is 3.13. The molecule has 33 heavy (non-hydrogen) atoms. The van der Waals surface area contributed by atoms with Crippen LogP contribution in [0.4, 0.5) is 0 Å². The van der Waals surface area contributed by atoms with Crippen LogP contribution in [0.15, 0.2) is 65.7 Å². The van der Waals surface area contributed by atoms with Crippen LogP contribution in [0.5, 0.6) is 0 Å². The normalized spacial score (nSPS) is 17.1. The van der Waals surface area contributed by atoms with Crippen molar-refractivity contribution in [2.75, 3.05) is 13.2 Å². The number of rotatable bonds is 8. The Kier molecular flexibility index (Phi) is 6.92. The van der Waals surface area contributed by atoms with Crippen molar-refractivity contribution in [1.29, 1.82) is 0 Å². The summed E-state index contributed by atoms with van der Waals surface area (Å²) < 4.78 is 35.2. The van der Waals surface area contributed by atoms with Gasteiger partial charge in [0.1, 0.15) is 0 Å². The molecule has 3 aromatic rings. The number of nitrogens with one attached hydrogen (secondary N) is 2. The maximum absolute atomic E-state index is 12.9. The molecule has 2 unspecified atom stereocenters. The number of para-hydroxylation sites is 1. The molecule has 1 fully saturated rings. The first-order valence-corrected chi connectivity index (χ1v) is 12.5. The van der Waals surface area contributed by atoms with Crippen LogP contribution in [0, 0.1) is 6.92 Å². The van der Waals surface area contributed by atoms with Gasteiger partial charge < -0.3 is 10.1 Å². The number of carbonyl (C=O) groups is 1. The van der Waals surface area contributed by atoms with Crippen molar-refractivity contribution in [3.63, 3.8) is 0 Å². The lowest BCUT2D eigenvalue weighted by Crippen LogP contribution is -2.32. The Balaban J connectivity index is 1.45. The average molecular weight is 469 g/mol. The van der Waals surface area contributed by atoms with E-state index < -0.39 is 10.0 Å². The highest BCUT2D eigenvalue weighted by Gasteiger charge is 2.22. The lowest BCUT2D eigenvalue weighted by molar-refractivity contribution is 0.0939. The van der Waals surface area contributed by atoms with E-state index in [1.807, 2.05) is 48.9 Å². The number of sulfonamides is 1. The largest absolute Gasteiger partial charge is 0.377 e. The Labute approximate surface area is 194 Å². The standard InChI is InChI=1S/C24H28N4O4S/c1-17(23-16-25-28(18(23)2)20-9-4-3-5-10-20)27-24(29)19-8-6-12-22(14-19)33(30,31)26-15-21-11-7-13-32-21/h3-6,8-10,12,14,16-17,21,26H,7,11,13,15H2,1-2H3,(H,27,29). The molecular formula is C24H28N4O4S. The minimum absolute atomic E-state index is 0.0499. The molecule has 1 aliphatic rings. The van der Waals surface area contributed by atoms with Crippen molar-refractivity contribution in [3.8, 4) is 5.69 Å². The first-order chi connectivity index (χ1) is 15.8. The number of hydrogen-bond donors (Lipinski definition) is 2. The molecule has 0 spiro atoms. The van der Waals surface area contributed by atoms with Gasteiger partial charge in [0.05, 0.1) is 28.9 Å². The lowest BCUT2D eigenvalue weighted by atomic mass is 10.1. The Morgan fingerprint density at radius 1 is 1.21 bits per heavy atom. The maximum Gasteiger partial charge on any atom is 0.251 e. The topological polar surface area (TPSA) is 102 Å². The van der Waals surface area contributed by atoms with Gasteiger partial charge in [-0.2, -0.15) is 5.10 Å². The SMILES string of the molecule is Cc1c(C(C)NC(=O)c2cccc(S(=O)(=O)NCC3CCCO3)c2)cnn1-c1ccccc1. The molecule has 1 aromatic heterocycles. The molecule has 1 saturated heterocycles. The van der Waals surface area contributed by atoms with E-state index in [1.165, 1.54) is 12.1 Å². The molecule has 1 amide bonds. The maximum atomic E-state index is 12.9. The summed E-state index contributed by atoms with van der Waals surface area (Å²) in [7, 11) is -3.74. The van der Waals surface area contributed by atoms with E-state index in [2.05, 4.69) is 15.1 Å². The minimum atomic E-state index is -3.74. The van der Waals surface area contributed by atoms with Crippen molar-refractivity contribution < 1.29 is 17.9 Å². The van der Waals surface area contributed by atoms with Gasteiger partial charge in [0.25, 0.3) is 5.91 Å². The lowest BCUT2D eigenvalue weighted by Gasteiger charge is -2.15. The molecule has 0 bridgehead atoms. The van der Waals surface area contributed by atoms with Gasteiger partial charge in [-0.25, -0.2) is 17.8 Å². The third kappa shape index (κ3) is 5.32. The second-order valence-electron chi connectivity index (χ2n) is 8.14. The second-order valence-corrected chi connectivity index (χ2v) is 9.91. The van der Waals surface area contributed by atoms with Crippen LogP contribution in [0.25, 0.3) is 5.69 Å². The minimum Gasteiger partial charge on any atom is -0.377 e. The number of nitrogens with zero attached hydrogens (tertiary/aromatic N) is 2. The van der Waals surface area contributed by atoms with Crippen molar-refractivity contribution in [2.24, 2.45) is 0 Å². The zero-order valence-corrected chi connectivity index (χ0v) is 19.5. The van der Waals surface area contributed by atoms with Crippen LogP contribution in [-0.4, -0.2) is 43.4 Å². The van der Waals surface area contributed by atoms with Crippen molar-refractivity contribution in [2.45, 2.75) is 43.7 Å². The van der Waals surface area contributed by atoms with Crippen LogP contribution in [0.3, 0.4) is 0 Å². The molecule has 2 N–H and O–H groups in total. The number of ether oxygens (including phenoxy) is 1. The number of benzene rings is 2. The van der Waals surface area contributed by atoms with E-state index in [1.54, 1.807) is 18.3 Å². The van der Waals surface area contributed by atoms with Crippen LogP contribution >= 0.6 is 0 Å². The highest BCUT2D eigenvalue weighted by atomic mass is 32.2. The van der Waals surface area contributed by atoms with Gasteiger partial charge in [-0.3, -0.25) is 4.79 Å². The van der Waals surface area contributed by atoms with Gasteiger partial charge in [0.15, 0.2) is 0 Å². The van der Waals surface area contributed by atoms with E-state index >= 15 is 0 Å². The fraction of sp³-hybridized carbons (Fsp3) is 0.333. The van der Waals surface area contributed by atoms with E-state index in [0.717, 1.165) is 29.8 Å². The molecule has 174 valence electrons. The van der Waals surface area contributed by atoms with Crippen LogP contribution in [0.2, 0.25) is 0 Å². The Morgan fingerprint density at radius 2 is 2.00 bits per heavy atom. The molecule has 1 aliphatic heterocycles. The molecule has 0 aliphatic carbocycles. The predicted molar refractivity (Wildman–Crippen MR) is 125 cm³/mol. The molecule has 2 atom stereocenters. The Hall–Kier alpha value is -3.01. The van der Waals surface area contributed by atoms with Gasteiger partial charge >= 0.3 is 0 Å². The zero-order valence-electron chi connectivity index (χ0n) is 18.7. The Morgan fingerprint density at radius 3 is 2.73 bits per heavy atom. The summed E-state index contributed by atoms with van der Waals surface area (Å²) in [5, 5.41) is 7.40. The summed E-state index contributed by atoms with van der Waals surface area (Å²) in [5.74, 6) is -0.356. The average Bonchev–Trinajstić information content (AvgIpc) is 3.48. The first kappa shape index (κ1) is 23.2. The molecular weight excluding hydrogens is 440 g/mol. The number of aromatic nitrogens is 2. The van der Waals surface area contributed by atoms with Crippen LogP contribution < -0.4 is 10.0 Å². The van der Waals surface area contributed by atoms with Gasteiger partial charge in [-0.15, -0.1) is 0 Å². The Bertz CT molecular complexity index is 1220. The molecule has 0 saturated carbocycles. The van der Waals surface area contributed by atoms with Crippen LogP contribution in [-0.2, 0) is 14.8 Å². The molecule has 8 nitrogen and oxygen atoms in total. The number of amides is 1. The highest BCUT2D eigenvalue weighted by molar-refractivity contribution is 7.89.